The van der Waals surface area contributed by atoms with Crippen molar-refractivity contribution in [2.75, 3.05) is 5.73 Å². The fourth-order valence-electron chi connectivity index (χ4n) is 2.43. The van der Waals surface area contributed by atoms with E-state index in [1.165, 1.54) is 12.8 Å². The van der Waals surface area contributed by atoms with E-state index in [1.54, 1.807) is 6.20 Å². The van der Waals surface area contributed by atoms with E-state index in [4.69, 9.17) is 15.0 Å². The van der Waals surface area contributed by atoms with E-state index < -0.39 is 7.12 Å². The molecule has 2 heterocycles. The van der Waals surface area contributed by atoms with Gasteiger partial charge in [0.05, 0.1) is 11.2 Å². The van der Waals surface area contributed by atoms with Crippen molar-refractivity contribution in [3.63, 3.8) is 0 Å². The number of nitrogens with zero attached hydrogens (tertiary/aromatic N) is 1. The Labute approximate surface area is 121 Å². The normalized spacial score (nSPS) is 25.8. The lowest BCUT2D eigenvalue weighted by Gasteiger charge is -2.32. The molecule has 0 bridgehead atoms. The summed E-state index contributed by atoms with van der Waals surface area (Å²) in [6, 6.07) is 2.06. The van der Waals surface area contributed by atoms with E-state index in [0.29, 0.717) is 5.69 Å². The number of aromatic nitrogens is 1. The van der Waals surface area contributed by atoms with Gasteiger partial charge in [-0.15, -0.1) is 0 Å². The van der Waals surface area contributed by atoms with Crippen LogP contribution in [0.3, 0.4) is 0 Å². The van der Waals surface area contributed by atoms with Gasteiger partial charge in [0, 0.05) is 28.5 Å². The Morgan fingerprint density at radius 1 is 1.10 bits per heavy atom. The molecule has 0 radical (unpaired) electrons. The van der Waals surface area contributed by atoms with E-state index in [-0.39, 0.29) is 16.6 Å². The molecule has 1 aromatic heterocycles. The van der Waals surface area contributed by atoms with Crippen LogP contribution in [0, 0.1) is 0 Å². The minimum Gasteiger partial charge on any atom is -0.399 e. The second-order valence-corrected chi connectivity index (χ2v) is 7.35. The quantitative estimate of drug-likeness (QED) is 0.838. The Morgan fingerprint density at radius 3 is 2.15 bits per heavy atom. The van der Waals surface area contributed by atoms with Gasteiger partial charge in [-0.2, -0.15) is 0 Å². The third kappa shape index (κ3) is 2.04. The van der Waals surface area contributed by atoms with Crippen LogP contribution in [0.2, 0.25) is 0 Å². The molecule has 20 heavy (non-hydrogen) atoms. The molecule has 0 amide bonds. The number of hydrogen-bond acceptors (Lipinski definition) is 4. The smallest absolute Gasteiger partial charge is 0.399 e. The average molecular weight is 274 g/mol. The van der Waals surface area contributed by atoms with E-state index in [0.717, 1.165) is 11.2 Å². The van der Waals surface area contributed by atoms with Crippen molar-refractivity contribution in [1.82, 2.24) is 4.98 Å². The van der Waals surface area contributed by atoms with Crippen LogP contribution in [-0.2, 0) is 14.7 Å². The molecule has 0 atom stereocenters. The SMILES string of the molecule is CC1(c2cc(B3OC(C)(C)C(C)(C)O3)c(N)cn2)CC1. The molecule has 4 nitrogen and oxygen atoms in total. The number of rotatable bonds is 2. The number of anilines is 1. The van der Waals surface area contributed by atoms with Crippen LogP contribution in [0.4, 0.5) is 5.69 Å². The van der Waals surface area contributed by atoms with Crippen LogP contribution < -0.4 is 11.2 Å². The lowest BCUT2D eigenvalue weighted by molar-refractivity contribution is 0.00578. The molecule has 108 valence electrons. The van der Waals surface area contributed by atoms with Crippen molar-refractivity contribution < 1.29 is 9.31 Å². The summed E-state index contributed by atoms with van der Waals surface area (Å²) in [5.41, 5.74) is 8.24. The number of pyridine rings is 1. The highest BCUT2D eigenvalue weighted by molar-refractivity contribution is 6.63. The molecule has 5 heteroatoms. The van der Waals surface area contributed by atoms with Crippen LogP contribution in [0.5, 0.6) is 0 Å². The van der Waals surface area contributed by atoms with E-state index >= 15 is 0 Å². The van der Waals surface area contributed by atoms with Crippen molar-refractivity contribution in [2.24, 2.45) is 0 Å². The summed E-state index contributed by atoms with van der Waals surface area (Å²) in [7, 11) is -0.413. The van der Waals surface area contributed by atoms with Crippen LogP contribution in [-0.4, -0.2) is 23.3 Å². The van der Waals surface area contributed by atoms with Crippen molar-refractivity contribution >= 4 is 18.3 Å². The second-order valence-electron chi connectivity index (χ2n) is 7.35. The fourth-order valence-corrected chi connectivity index (χ4v) is 2.43. The molecule has 1 aliphatic carbocycles. The summed E-state index contributed by atoms with van der Waals surface area (Å²) in [5, 5.41) is 0. The molecular weight excluding hydrogens is 251 g/mol. The molecule has 1 aliphatic heterocycles. The second kappa shape index (κ2) is 3.98. The van der Waals surface area contributed by atoms with Gasteiger partial charge in [0.1, 0.15) is 0 Å². The van der Waals surface area contributed by atoms with Crippen LogP contribution in [0.15, 0.2) is 12.3 Å². The van der Waals surface area contributed by atoms with Gasteiger partial charge in [0.15, 0.2) is 0 Å². The number of hydrogen-bond donors (Lipinski definition) is 1. The molecule has 0 aromatic carbocycles. The summed E-state index contributed by atoms with van der Waals surface area (Å²) in [4.78, 5) is 4.48. The van der Waals surface area contributed by atoms with Crippen LogP contribution in [0.25, 0.3) is 0 Å². The number of nitrogens with two attached hydrogens (primary N) is 1. The van der Waals surface area contributed by atoms with Gasteiger partial charge < -0.3 is 15.0 Å². The molecule has 2 fully saturated rings. The maximum atomic E-state index is 6.09. The molecule has 2 N–H and O–H groups in total. The summed E-state index contributed by atoms with van der Waals surface area (Å²) >= 11 is 0. The molecule has 1 saturated carbocycles. The van der Waals surface area contributed by atoms with Gasteiger partial charge in [0.25, 0.3) is 0 Å². The predicted molar refractivity (Wildman–Crippen MR) is 81.0 cm³/mol. The predicted octanol–water partition coefficient (Wildman–Crippen LogP) is 2.01. The van der Waals surface area contributed by atoms with Gasteiger partial charge >= 0.3 is 7.12 Å². The van der Waals surface area contributed by atoms with Crippen molar-refractivity contribution in [2.45, 2.75) is 64.1 Å². The standard InChI is InChI=1S/C15H23BN2O2/c1-13(2)14(3,4)20-16(19-13)10-8-12(15(5)6-7-15)18-9-11(10)17/h8-9H,6-7,17H2,1-5H3. The topological polar surface area (TPSA) is 57.4 Å². The zero-order valence-electron chi connectivity index (χ0n) is 13.0. The summed E-state index contributed by atoms with van der Waals surface area (Å²) in [6.07, 6.45) is 4.11. The molecule has 3 rings (SSSR count). The first-order chi connectivity index (χ1) is 9.15. The first-order valence-electron chi connectivity index (χ1n) is 7.26. The van der Waals surface area contributed by atoms with E-state index in [2.05, 4.69) is 18.0 Å². The van der Waals surface area contributed by atoms with Crippen molar-refractivity contribution in [3.05, 3.63) is 18.0 Å². The molecular formula is C15H23BN2O2. The summed E-state index contributed by atoms with van der Waals surface area (Å²) in [5.74, 6) is 0. The van der Waals surface area contributed by atoms with Crippen LogP contribution >= 0.6 is 0 Å². The lowest BCUT2D eigenvalue weighted by Crippen LogP contribution is -2.41. The van der Waals surface area contributed by atoms with Crippen LogP contribution in [0.1, 0.15) is 53.2 Å². The summed E-state index contributed by atoms with van der Waals surface area (Å²) in [6.45, 7) is 10.4. The summed E-state index contributed by atoms with van der Waals surface area (Å²) < 4.78 is 12.2. The Hall–Kier alpha value is -1.07. The minimum atomic E-state index is -0.413. The van der Waals surface area contributed by atoms with Gasteiger partial charge in [0.2, 0.25) is 0 Å². The maximum absolute atomic E-state index is 6.09. The Balaban J connectivity index is 1.95. The highest BCUT2D eigenvalue weighted by Gasteiger charge is 2.52. The highest BCUT2D eigenvalue weighted by atomic mass is 16.7. The zero-order valence-corrected chi connectivity index (χ0v) is 13.0. The van der Waals surface area contributed by atoms with Gasteiger partial charge in [-0.25, -0.2) is 0 Å². The third-order valence-electron chi connectivity index (χ3n) is 5.09. The Bertz CT molecular complexity index is 537. The largest absolute Gasteiger partial charge is 0.497 e. The molecule has 0 spiro atoms. The first-order valence-corrected chi connectivity index (χ1v) is 7.26. The first kappa shape index (κ1) is 13.9. The van der Waals surface area contributed by atoms with Gasteiger partial charge in [-0.05, 0) is 46.6 Å². The maximum Gasteiger partial charge on any atom is 0.497 e. The number of nitrogen functional groups attached to an aromatic ring is 1. The Morgan fingerprint density at radius 2 is 1.65 bits per heavy atom. The highest BCUT2D eigenvalue weighted by Crippen LogP contribution is 2.46. The average Bonchev–Trinajstić information content (AvgIpc) is 3.02. The van der Waals surface area contributed by atoms with Gasteiger partial charge in [-0.1, -0.05) is 6.92 Å². The van der Waals surface area contributed by atoms with Crippen molar-refractivity contribution in [1.29, 1.82) is 0 Å². The molecule has 2 aliphatic rings. The Kier molecular flexibility index (Phi) is 2.77. The van der Waals surface area contributed by atoms with E-state index in [9.17, 15) is 0 Å². The molecule has 0 unspecified atom stereocenters. The molecule has 1 saturated heterocycles. The molecule has 1 aromatic rings. The monoisotopic (exact) mass is 274 g/mol. The fraction of sp³-hybridized carbons (Fsp3) is 0.667. The van der Waals surface area contributed by atoms with Gasteiger partial charge in [-0.3, -0.25) is 4.98 Å². The lowest BCUT2D eigenvalue weighted by atomic mass is 9.77. The zero-order chi connectivity index (χ0) is 14.8. The minimum absolute atomic E-state index is 0.214. The van der Waals surface area contributed by atoms with Crippen molar-refractivity contribution in [3.8, 4) is 0 Å². The van der Waals surface area contributed by atoms with E-state index in [1.807, 2.05) is 27.7 Å². The third-order valence-corrected chi connectivity index (χ3v) is 5.09.